The van der Waals surface area contributed by atoms with Gasteiger partial charge in [-0.1, -0.05) is 17.7 Å². The zero-order chi connectivity index (χ0) is 20.7. The first-order valence-electron chi connectivity index (χ1n) is 8.21. The third kappa shape index (κ3) is 6.83. The maximum atomic E-state index is 12.2. The van der Waals surface area contributed by atoms with E-state index in [-0.39, 0.29) is 29.0 Å². The second-order valence-corrected chi connectivity index (χ2v) is 9.17. The molecule has 10 heteroatoms. The lowest BCUT2D eigenvalue weighted by molar-refractivity contribution is -0.116. The molecule has 2 rings (SSSR count). The van der Waals surface area contributed by atoms with Crippen LogP contribution in [0.1, 0.15) is 6.42 Å². The highest BCUT2D eigenvalue weighted by Gasteiger charge is 2.14. The minimum Gasteiger partial charge on any atom is -0.339 e. The molecule has 0 unspecified atom stereocenters. The van der Waals surface area contributed by atoms with Crippen LogP contribution in [0.5, 0.6) is 0 Å². The van der Waals surface area contributed by atoms with E-state index in [0.717, 1.165) is 16.7 Å². The summed E-state index contributed by atoms with van der Waals surface area (Å²) in [6, 6.07) is 12.7. The number of hydrogen-bond acceptors (Lipinski definition) is 5. The van der Waals surface area contributed by atoms with Gasteiger partial charge in [0.25, 0.3) is 5.24 Å². The van der Waals surface area contributed by atoms with E-state index >= 15 is 0 Å². The van der Waals surface area contributed by atoms with Crippen molar-refractivity contribution in [1.29, 1.82) is 0 Å². The molecule has 0 aliphatic heterocycles. The first kappa shape index (κ1) is 22.2. The number of nitrogens with one attached hydrogen (secondary N) is 2. The van der Waals surface area contributed by atoms with Crippen LogP contribution in [0.3, 0.4) is 0 Å². The number of halogens is 1. The van der Waals surface area contributed by atoms with Crippen LogP contribution in [0.25, 0.3) is 0 Å². The molecular formula is C18H20ClN3O4S2. The van der Waals surface area contributed by atoms with Crippen LogP contribution >= 0.6 is 23.4 Å². The molecule has 150 valence electrons. The van der Waals surface area contributed by atoms with Gasteiger partial charge in [-0.3, -0.25) is 9.59 Å². The molecule has 0 atom stereocenters. The summed E-state index contributed by atoms with van der Waals surface area (Å²) in [6.45, 7) is -0.0497. The molecule has 0 bridgehead atoms. The van der Waals surface area contributed by atoms with Crippen LogP contribution in [0, 0.1) is 0 Å². The largest absolute Gasteiger partial charge is 0.339 e. The van der Waals surface area contributed by atoms with Crippen molar-refractivity contribution in [3.05, 3.63) is 53.6 Å². The highest BCUT2D eigenvalue weighted by molar-refractivity contribution is 8.13. The van der Waals surface area contributed by atoms with Gasteiger partial charge in [0.1, 0.15) is 0 Å². The van der Waals surface area contributed by atoms with Crippen molar-refractivity contribution < 1.29 is 18.0 Å². The summed E-state index contributed by atoms with van der Waals surface area (Å²) in [7, 11) is -0.386. The van der Waals surface area contributed by atoms with Crippen LogP contribution in [-0.4, -0.2) is 45.1 Å². The maximum Gasteiger partial charge on any atom is 0.285 e. The van der Waals surface area contributed by atoms with Gasteiger partial charge in [0, 0.05) is 42.7 Å². The van der Waals surface area contributed by atoms with E-state index in [1.807, 2.05) is 0 Å². The van der Waals surface area contributed by atoms with E-state index in [1.165, 1.54) is 23.1 Å². The number of benzene rings is 2. The Morgan fingerprint density at radius 3 is 2.39 bits per heavy atom. The predicted molar refractivity (Wildman–Crippen MR) is 111 cm³/mol. The van der Waals surface area contributed by atoms with Crippen molar-refractivity contribution in [3.63, 3.8) is 0 Å². The smallest absolute Gasteiger partial charge is 0.285 e. The first-order valence-corrected chi connectivity index (χ1v) is 10.9. The highest BCUT2D eigenvalue weighted by atomic mass is 35.5. The SMILES string of the molecule is CN(C)C(=O)Sc1ccc(NC(=O)CCNS(=O)(=O)c2cccc(Cl)c2)cc1. The molecule has 7 nitrogen and oxygen atoms in total. The minimum absolute atomic E-state index is 0.0323. The number of rotatable bonds is 7. The third-order valence-electron chi connectivity index (χ3n) is 3.46. The molecule has 2 aromatic rings. The van der Waals surface area contributed by atoms with Gasteiger partial charge in [-0.05, 0) is 54.2 Å². The van der Waals surface area contributed by atoms with Crippen LogP contribution in [0.2, 0.25) is 5.02 Å². The highest BCUT2D eigenvalue weighted by Crippen LogP contribution is 2.22. The van der Waals surface area contributed by atoms with E-state index in [0.29, 0.717) is 10.7 Å². The molecule has 0 aliphatic carbocycles. The lowest BCUT2D eigenvalue weighted by Gasteiger charge is -2.10. The minimum atomic E-state index is -3.73. The summed E-state index contributed by atoms with van der Waals surface area (Å²) in [5, 5.41) is 2.90. The molecule has 2 amide bonds. The molecular weight excluding hydrogens is 422 g/mol. The van der Waals surface area contributed by atoms with Crippen LogP contribution < -0.4 is 10.0 Å². The van der Waals surface area contributed by atoms with Crippen molar-refractivity contribution in [2.45, 2.75) is 16.2 Å². The molecule has 0 radical (unpaired) electrons. The molecule has 0 aromatic heterocycles. The van der Waals surface area contributed by atoms with E-state index in [4.69, 9.17) is 11.6 Å². The molecule has 0 saturated carbocycles. The molecule has 2 aromatic carbocycles. The Kier molecular flexibility index (Phi) is 7.88. The van der Waals surface area contributed by atoms with Gasteiger partial charge in [-0.25, -0.2) is 13.1 Å². The maximum absolute atomic E-state index is 12.2. The van der Waals surface area contributed by atoms with E-state index in [9.17, 15) is 18.0 Å². The fourth-order valence-electron chi connectivity index (χ4n) is 2.04. The third-order valence-corrected chi connectivity index (χ3v) is 6.20. The Balaban J connectivity index is 1.83. The second-order valence-electron chi connectivity index (χ2n) is 5.94. The van der Waals surface area contributed by atoms with Crippen molar-refractivity contribution >= 4 is 50.2 Å². The normalized spacial score (nSPS) is 11.1. The topological polar surface area (TPSA) is 95.6 Å². The molecule has 0 saturated heterocycles. The van der Waals surface area contributed by atoms with Crippen molar-refractivity contribution in [3.8, 4) is 0 Å². The van der Waals surface area contributed by atoms with Gasteiger partial charge in [-0.2, -0.15) is 0 Å². The Bertz CT molecular complexity index is 948. The lowest BCUT2D eigenvalue weighted by atomic mass is 10.3. The van der Waals surface area contributed by atoms with Gasteiger partial charge >= 0.3 is 0 Å². The number of carbonyl (C=O) groups is 2. The number of sulfonamides is 1. The first-order chi connectivity index (χ1) is 13.2. The zero-order valence-electron chi connectivity index (χ0n) is 15.3. The van der Waals surface area contributed by atoms with Gasteiger partial charge in [-0.15, -0.1) is 0 Å². The van der Waals surface area contributed by atoms with Crippen molar-refractivity contribution in [1.82, 2.24) is 9.62 Å². The quantitative estimate of drug-likeness (QED) is 0.642. The van der Waals surface area contributed by atoms with Crippen LogP contribution in [-0.2, 0) is 14.8 Å². The summed E-state index contributed by atoms with van der Waals surface area (Å²) in [5.74, 6) is -0.335. The Hall–Kier alpha value is -2.07. The van der Waals surface area contributed by atoms with Crippen molar-refractivity contribution in [2.24, 2.45) is 0 Å². The van der Waals surface area contributed by atoms with E-state index in [2.05, 4.69) is 10.0 Å². The molecule has 0 heterocycles. The average molecular weight is 442 g/mol. The Labute approximate surface area is 173 Å². The number of hydrogen-bond donors (Lipinski definition) is 2. The van der Waals surface area contributed by atoms with E-state index in [1.54, 1.807) is 44.4 Å². The number of amides is 2. The predicted octanol–water partition coefficient (Wildman–Crippen LogP) is 3.42. The number of carbonyl (C=O) groups excluding carboxylic acids is 2. The lowest BCUT2D eigenvalue weighted by Crippen LogP contribution is -2.27. The standard InChI is InChI=1S/C18H20ClN3O4S2/c1-22(2)18(24)27-15-8-6-14(7-9-15)21-17(23)10-11-20-28(25,26)16-5-3-4-13(19)12-16/h3-9,12,20H,10-11H2,1-2H3,(H,21,23). The van der Waals surface area contributed by atoms with Gasteiger partial charge in [0.05, 0.1) is 4.90 Å². The van der Waals surface area contributed by atoms with E-state index < -0.39 is 10.0 Å². The number of nitrogens with zero attached hydrogens (tertiary/aromatic N) is 1. The fourth-order valence-corrected chi connectivity index (χ4v) is 4.03. The van der Waals surface area contributed by atoms with Crippen LogP contribution in [0.15, 0.2) is 58.3 Å². The van der Waals surface area contributed by atoms with Crippen molar-refractivity contribution in [2.75, 3.05) is 26.0 Å². The summed E-state index contributed by atoms with van der Waals surface area (Å²) >= 11 is 6.88. The van der Waals surface area contributed by atoms with Gasteiger partial charge in [0.15, 0.2) is 0 Å². The molecule has 0 spiro atoms. The average Bonchev–Trinajstić information content (AvgIpc) is 2.63. The second kappa shape index (κ2) is 9.92. The Morgan fingerprint density at radius 2 is 1.79 bits per heavy atom. The van der Waals surface area contributed by atoms with Crippen LogP contribution in [0.4, 0.5) is 10.5 Å². The molecule has 0 aliphatic rings. The Morgan fingerprint density at radius 1 is 1.11 bits per heavy atom. The number of thioether (sulfide) groups is 1. The summed E-state index contributed by atoms with van der Waals surface area (Å²) < 4.78 is 26.7. The zero-order valence-corrected chi connectivity index (χ0v) is 17.7. The summed E-state index contributed by atoms with van der Waals surface area (Å²) in [6.07, 6.45) is -0.0323. The summed E-state index contributed by atoms with van der Waals surface area (Å²) in [4.78, 5) is 25.9. The molecule has 28 heavy (non-hydrogen) atoms. The van der Waals surface area contributed by atoms with Gasteiger partial charge < -0.3 is 10.2 Å². The molecule has 2 N–H and O–H groups in total. The van der Waals surface area contributed by atoms with Gasteiger partial charge in [0.2, 0.25) is 15.9 Å². The fraction of sp³-hybridized carbons (Fsp3) is 0.222. The summed E-state index contributed by atoms with van der Waals surface area (Å²) in [5.41, 5.74) is 0.560. The molecule has 0 fully saturated rings. The monoisotopic (exact) mass is 441 g/mol. The number of anilines is 1.